The highest BCUT2D eigenvalue weighted by molar-refractivity contribution is 5.74. The molecule has 2 rings (SSSR count). The van der Waals surface area contributed by atoms with E-state index in [0.717, 1.165) is 17.5 Å². The molecule has 0 aliphatic carbocycles. The van der Waals surface area contributed by atoms with Gasteiger partial charge in [0, 0.05) is 18.3 Å². The van der Waals surface area contributed by atoms with Gasteiger partial charge in [0.15, 0.2) is 0 Å². The summed E-state index contributed by atoms with van der Waals surface area (Å²) in [5.41, 5.74) is 1.74. The van der Waals surface area contributed by atoms with Gasteiger partial charge >= 0.3 is 6.09 Å². The fraction of sp³-hybridized carbons (Fsp3) is 0.316. The minimum absolute atomic E-state index is 0.352. The average Bonchev–Trinajstić information content (AvgIpc) is 2.54. The standard InChI is InChI=1S/C19H22N2O3/c1-19(2,3)24-18(23)21(13-17-6-4-5-11-20-17)12-15-7-9-16(14-22)10-8-15/h4-11,14H,12-13H2,1-3H3. The second-order valence-electron chi connectivity index (χ2n) is 6.52. The number of aldehydes is 1. The highest BCUT2D eigenvalue weighted by Gasteiger charge is 2.22. The molecule has 0 radical (unpaired) electrons. The topological polar surface area (TPSA) is 59.5 Å². The highest BCUT2D eigenvalue weighted by atomic mass is 16.6. The molecule has 5 nitrogen and oxygen atoms in total. The predicted octanol–water partition coefficient (Wildman–Crippen LogP) is 3.83. The zero-order chi connectivity index (χ0) is 17.6. The number of amides is 1. The van der Waals surface area contributed by atoms with Crippen molar-refractivity contribution in [1.82, 2.24) is 9.88 Å². The molecule has 0 unspecified atom stereocenters. The second kappa shape index (κ2) is 7.73. The van der Waals surface area contributed by atoms with E-state index in [4.69, 9.17) is 4.74 Å². The Morgan fingerprint density at radius 1 is 1.12 bits per heavy atom. The molecule has 0 saturated carbocycles. The average molecular weight is 326 g/mol. The van der Waals surface area contributed by atoms with Gasteiger partial charge in [-0.3, -0.25) is 14.7 Å². The summed E-state index contributed by atoms with van der Waals surface area (Å²) < 4.78 is 5.49. The Morgan fingerprint density at radius 2 is 1.83 bits per heavy atom. The van der Waals surface area contributed by atoms with Gasteiger partial charge in [-0.05, 0) is 38.5 Å². The van der Waals surface area contributed by atoms with E-state index in [1.807, 2.05) is 51.1 Å². The second-order valence-corrected chi connectivity index (χ2v) is 6.52. The smallest absolute Gasteiger partial charge is 0.410 e. The minimum Gasteiger partial charge on any atom is -0.444 e. The number of carbonyl (C=O) groups is 2. The fourth-order valence-electron chi connectivity index (χ4n) is 2.12. The third-order valence-corrected chi connectivity index (χ3v) is 3.22. The van der Waals surface area contributed by atoms with Gasteiger partial charge in [-0.2, -0.15) is 0 Å². The first kappa shape index (κ1) is 17.7. The number of aromatic nitrogens is 1. The maximum absolute atomic E-state index is 12.5. The summed E-state index contributed by atoms with van der Waals surface area (Å²) in [5, 5.41) is 0. The summed E-state index contributed by atoms with van der Waals surface area (Å²) in [6.07, 6.45) is 2.10. The molecule has 2 aromatic rings. The van der Waals surface area contributed by atoms with E-state index in [-0.39, 0.29) is 0 Å². The van der Waals surface area contributed by atoms with Crippen LogP contribution in [0.3, 0.4) is 0 Å². The number of hydrogen-bond donors (Lipinski definition) is 0. The molecule has 0 aliphatic rings. The highest BCUT2D eigenvalue weighted by Crippen LogP contribution is 2.15. The number of nitrogens with zero attached hydrogens (tertiary/aromatic N) is 2. The lowest BCUT2D eigenvalue weighted by molar-refractivity contribution is 0.0214. The molecule has 24 heavy (non-hydrogen) atoms. The lowest BCUT2D eigenvalue weighted by Gasteiger charge is -2.27. The zero-order valence-corrected chi connectivity index (χ0v) is 14.2. The molecule has 1 aromatic heterocycles. The van der Waals surface area contributed by atoms with E-state index in [0.29, 0.717) is 18.7 Å². The van der Waals surface area contributed by atoms with Crippen molar-refractivity contribution in [3.05, 3.63) is 65.5 Å². The number of ether oxygens (including phenoxy) is 1. The number of carbonyl (C=O) groups excluding carboxylic acids is 2. The third kappa shape index (κ3) is 5.50. The van der Waals surface area contributed by atoms with Crippen molar-refractivity contribution in [1.29, 1.82) is 0 Å². The normalized spacial score (nSPS) is 11.0. The van der Waals surface area contributed by atoms with Gasteiger partial charge in [-0.15, -0.1) is 0 Å². The van der Waals surface area contributed by atoms with Crippen LogP contribution in [-0.2, 0) is 17.8 Å². The molecular formula is C19H22N2O3. The van der Waals surface area contributed by atoms with Crippen LogP contribution in [-0.4, -0.2) is 27.9 Å². The SMILES string of the molecule is CC(C)(C)OC(=O)N(Cc1ccc(C=O)cc1)Cc1ccccn1. The molecular weight excluding hydrogens is 304 g/mol. The van der Waals surface area contributed by atoms with Crippen LogP contribution in [0.2, 0.25) is 0 Å². The van der Waals surface area contributed by atoms with E-state index in [9.17, 15) is 9.59 Å². The van der Waals surface area contributed by atoms with Crippen molar-refractivity contribution in [2.45, 2.75) is 39.5 Å². The van der Waals surface area contributed by atoms with Crippen molar-refractivity contribution >= 4 is 12.4 Å². The van der Waals surface area contributed by atoms with Gasteiger partial charge < -0.3 is 4.74 Å². The van der Waals surface area contributed by atoms with Crippen LogP contribution < -0.4 is 0 Å². The summed E-state index contributed by atoms with van der Waals surface area (Å²) >= 11 is 0. The largest absolute Gasteiger partial charge is 0.444 e. The number of rotatable bonds is 5. The molecule has 0 spiro atoms. The molecule has 1 heterocycles. The summed E-state index contributed by atoms with van der Waals surface area (Å²) in [5.74, 6) is 0. The molecule has 0 aliphatic heterocycles. The van der Waals surface area contributed by atoms with E-state index in [1.165, 1.54) is 0 Å². The molecule has 0 fully saturated rings. The molecule has 0 saturated heterocycles. The van der Waals surface area contributed by atoms with Crippen LogP contribution >= 0.6 is 0 Å². The maximum Gasteiger partial charge on any atom is 0.410 e. The van der Waals surface area contributed by atoms with Crippen LogP contribution in [0, 0.1) is 0 Å². The summed E-state index contributed by atoms with van der Waals surface area (Å²) in [6.45, 7) is 6.24. The molecule has 1 aromatic carbocycles. The Balaban J connectivity index is 2.17. The molecule has 126 valence electrons. The maximum atomic E-state index is 12.5. The monoisotopic (exact) mass is 326 g/mol. The lowest BCUT2D eigenvalue weighted by Crippen LogP contribution is -2.36. The summed E-state index contributed by atoms with van der Waals surface area (Å²) in [4.78, 5) is 29.1. The molecule has 0 atom stereocenters. The van der Waals surface area contributed by atoms with Crippen molar-refractivity contribution in [2.75, 3.05) is 0 Å². The van der Waals surface area contributed by atoms with E-state index < -0.39 is 11.7 Å². The van der Waals surface area contributed by atoms with Crippen molar-refractivity contribution in [2.24, 2.45) is 0 Å². The lowest BCUT2D eigenvalue weighted by atomic mass is 10.1. The number of hydrogen-bond acceptors (Lipinski definition) is 4. The Labute approximate surface area is 142 Å². The van der Waals surface area contributed by atoms with E-state index in [1.54, 1.807) is 23.2 Å². The zero-order valence-electron chi connectivity index (χ0n) is 14.2. The Bertz CT molecular complexity index is 676. The first-order chi connectivity index (χ1) is 11.4. The van der Waals surface area contributed by atoms with Gasteiger partial charge in [0.2, 0.25) is 0 Å². The van der Waals surface area contributed by atoms with Gasteiger partial charge in [-0.25, -0.2) is 4.79 Å². The van der Waals surface area contributed by atoms with Crippen LogP contribution in [0.4, 0.5) is 4.79 Å². The van der Waals surface area contributed by atoms with Gasteiger partial charge in [-0.1, -0.05) is 30.3 Å². The molecule has 1 amide bonds. The molecule has 0 bridgehead atoms. The van der Waals surface area contributed by atoms with E-state index >= 15 is 0 Å². The fourth-order valence-corrected chi connectivity index (χ4v) is 2.12. The predicted molar refractivity (Wildman–Crippen MR) is 91.5 cm³/mol. The van der Waals surface area contributed by atoms with E-state index in [2.05, 4.69) is 4.98 Å². The number of pyridine rings is 1. The first-order valence-corrected chi connectivity index (χ1v) is 7.79. The third-order valence-electron chi connectivity index (χ3n) is 3.22. The van der Waals surface area contributed by atoms with Gasteiger partial charge in [0.1, 0.15) is 11.9 Å². The van der Waals surface area contributed by atoms with Gasteiger partial charge in [0.05, 0.1) is 12.2 Å². The van der Waals surface area contributed by atoms with Crippen molar-refractivity contribution < 1.29 is 14.3 Å². The minimum atomic E-state index is -0.569. The van der Waals surface area contributed by atoms with Crippen molar-refractivity contribution in [3.63, 3.8) is 0 Å². The number of benzene rings is 1. The first-order valence-electron chi connectivity index (χ1n) is 7.79. The molecule has 5 heteroatoms. The van der Waals surface area contributed by atoms with Crippen LogP contribution in [0.1, 0.15) is 42.4 Å². The quantitative estimate of drug-likeness (QED) is 0.784. The Morgan fingerprint density at radius 3 is 2.38 bits per heavy atom. The summed E-state index contributed by atoms with van der Waals surface area (Å²) in [6, 6.07) is 12.7. The Kier molecular flexibility index (Phi) is 5.68. The molecule has 0 N–H and O–H groups in total. The van der Waals surface area contributed by atoms with Crippen LogP contribution in [0.25, 0.3) is 0 Å². The van der Waals surface area contributed by atoms with Crippen LogP contribution in [0.15, 0.2) is 48.7 Å². The van der Waals surface area contributed by atoms with Gasteiger partial charge in [0.25, 0.3) is 0 Å². The van der Waals surface area contributed by atoms with Crippen LogP contribution in [0.5, 0.6) is 0 Å². The van der Waals surface area contributed by atoms with Crippen molar-refractivity contribution in [3.8, 4) is 0 Å². The summed E-state index contributed by atoms with van der Waals surface area (Å²) in [7, 11) is 0. The Hall–Kier alpha value is -2.69.